The lowest BCUT2D eigenvalue weighted by atomic mass is 9.81. The second kappa shape index (κ2) is 11.3. The van der Waals surface area contributed by atoms with Crippen LogP contribution < -0.4 is 16.1 Å². The molecule has 2 aliphatic heterocycles. The molecule has 10 heteroatoms. The van der Waals surface area contributed by atoms with Gasteiger partial charge < -0.3 is 20.4 Å². The molecule has 4 atom stereocenters. The average Bonchev–Trinajstić information content (AvgIpc) is 3.28. The van der Waals surface area contributed by atoms with Gasteiger partial charge in [0.05, 0.1) is 11.7 Å². The van der Waals surface area contributed by atoms with Gasteiger partial charge in [0.1, 0.15) is 0 Å². The lowest BCUT2D eigenvalue weighted by Crippen LogP contribution is -2.67. The van der Waals surface area contributed by atoms with E-state index >= 15 is 0 Å². The van der Waals surface area contributed by atoms with Gasteiger partial charge in [0, 0.05) is 30.7 Å². The summed E-state index contributed by atoms with van der Waals surface area (Å²) in [6.45, 7) is 6.30. The fraction of sp³-hybridized carbons (Fsp3) is 0.600. The topological polar surface area (TPSA) is 106 Å². The number of rotatable bonds is 8. The molecule has 190 valence electrons. The van der Waals surface area contributed by atoms with Crippen molar-refractivity contribution in [2.45, 2.75) is 77.7 Å². The fourth-order valence-electron chi connectivity index (χ4n) is 4.99. The van der Waals surface area contributed by atoms with Gasteiger partial charge in [0.25, 0.3) is 0 Å². The lowest BCUT2D eigenvalue weighted by Gasteiger charge is -2.50. The molecular formula is C25H36N6O3S. The SMILES string of the molecule is CCC(C)NC(=O)CCN1C(=O)C2CCCCC2N2C(SCC(=O)Nc3ccccc3C)=NNC12. The molecule has 3 N–H and O–H groups in total. The predicted octanol–water partition coefficient (Wildman–Crippen LogP) is 2.83. The number of hydrogen-bond acceptors (Lipinski definition) is 7. The second-order valence-electron chi connectivity index (χ2n) is 9.57. The number of carbonyl (C=O) groups excluding carboxylic acids is 3. The van der Waals surface area contributed by atoms with Gasteiger partial charge in [-0.25, -0.2) is 0 Å². The van der Waals surface area contributed by atoms with Gasteiger partial charge in [0.2, 0.25) is 17.7 Å². The molecule has 4 rings (SSSR count). The van der Waals surface area contributed by atoms with E-state index in [-0.39, 0.29) is 47.9 Å². The van der Waals surface area contributed by atoms with Crippen molar-refractivity contribution >= 4 is 40.3 Å². The number of carbonyl (C=O) groups is 3. The molecular weight excluding hydrogens is 464 g/mol. The number of amidine groups is 1. The maximum absolute atomic E-state index is 13.4. The van der Waals surface area contributed by atoms with Gasteiger partial charge >= 0.3 is 0 Å². The van der Waals surface area contributed by atoms with Crippen LogP contribution in [0.5, 0.6) is 0 Å². The van der Waals surface area contributed by atoms with Crippen LogP contribution in [0, 0.1) is 12.8 Å². The van der Waals surface area contributed by atoms with Crippen molar-refractivity contribution in [3.63, 3.8) is 0 Å². The number of nitrogens with one attached hydrogen (secondary N) is 3. The Morgan fingerprint density at radius 3 is 2.77 bits per heavy atom. The van der Waals surface area contributed by atoms with E-state index in [1.165, 1.54) is 11.8 Å². The monoisotopic (exact) mass is 500 g/mol. The summed E-state index contributed by atoms with van der Waals surface area (Å²) in [5, 5.41) is 11.2. The van der Waals surface area contributed by atoms with E-state index in [0.717, 1.165) is 48.5 Å². The van der Waals surface area contributed by atoms with Gasteiger partial charge in [-0.2, -0.15) is 5.10 Å². The summed E-state index contributed by atoms with van der Waals surface area (Å²) >= 11 is 1.38. The number of hydrogen-bond donors (Lipinski definition) is 3. The van der Waals surface area contributed by atoms with Crippen LogP contribution in [0.4, 0.5) is 5.69 Å². The summed E-state index contributed by atoms with van der Waals surface area (Å²) in [5.74, 6) is 0.0663. The lowest BCUT2D eigenvalue weighted by molar-refractivity contribution is -0.155. The van der Waals surface area contributed by atoms with Crippen LogP contribution in [0.2, 0.25) is 0 Å². The maximum Gasteiger partial charge on any atom is 0.234 e. The van der Waals surface area contributed by atoms with Gasteiger partial charge in [0.15, 0.2) is 11.5 Å². The van der Waals surface area contributed by atoms with E-state index < -0.39 is 6.29 Å². The summed E-state index contributed by atoms with van der Waals surface area (Å²) in [7, 11) is 0. The molecule has 3 aliphatic rings. The van der Waals surface area contributed by atoms with Crippen LogP contribution in [0.25, 0.3) is 0 Å². The van der Waals surface area contributed by atoms with Gasteiger partial charge in [-0.3, -0.25) is 19.8 Å². The molecule has 3 amide bonds. The third kappa shape index (κ3) is 5.74. The first-order valence-corrected chi connectivity index (χ1v) is 13.6. The largest absolute Gasteiger partial charge is 0.354 e. The minimum absolute atomic E-state index is 0.0501. The molecule has 2 heterocycles. The number of benzene rings is 1. The Balaban J connectivity index is 1.41. The molecule has 1 saturated carbocycles. The normalized spacial score (nSPS) is 24.1. The standard InChI is InChI=1S/C25H36N6O3S/c1-4-17(3)26-21(32)13-14-30-23(34)18-10-6-8-12-20(18)31-24(30)28-29-25(31)35-15-22(33)27-19-11-7-5-9-16(19)2/h5,7,9,11,17-18,20,24,28H,4,6,8,10,12-15H2,1-3H3,(H,26,32)(H,27,33). The van der Waals surface area contributed by atoms with Crippen LogP contribution in [0.3, 0.4) is 0 Å². The first kappa shape index (κ1) is 25.3. The highest BCUT2D eigenvalue weighted by atomic mass is 32.2. The minimum Gasteiger partial charge on any atom is -0.354 e. The zero-order valence-electron chi connectivity index (χ0n) is 20.8. The van der Waals surface area contributed by atoms with Gasteiger partial charge in [-0.15, -0.1) is 0 Å². The number of anilines is 1. The van der Waals surface area contributed by atoms with Crippen molar-refractivity contribution in [1.29, 1.82) is 0 Å². The van der Waals surface area contributed by atoms with Crippen molar-refractivity contribution in [2.24, 2.45) is 11.0 Å². The van der Waals surface area contributed by atoms with E-state index in [2.05, 4.69) is 26.1 Å². The summed E-state index contributed by atoms with van der Waals surface area (Å²) in [4.78, 5) is 42.4. The number of para-hydroxylation sites is 1. The van der Waals surface area contributed by atoms with Crippen molar-refractivity contribution in [1.82, 2.24) is 20.5 Å². The molecule has 0 aromatic heterocycles. The van der Waals surface area contributed by atoms with Crippen LogP contribution >= 0.6 is 11.8 Å². The first-order valence-electron chi connectivity index (χ1n) is 12.6. The smallest absolute Gasteiger partial charge is 0.234 e. The fourth-order valence-corrected chi connectivity index (χ4v) is 5.82. The van der Waals surface area contributed by atoms with Crippen LogP contribution in [-0.2, 0) is 14.4 Å². The first-order chi connectivity index (χ1) is 16.9. The highest BCUT2D eigenvalue weighted by molar-refractivity contribution is 8.14. The molecule has 0 spiro atoms. The molecule has 0 radical (unpaired) electrons. The number of amides is 3. The van der Waals surface area contributed by atoms with Gasteiger partial charge in [-0.1, -0.05) is 49.7 Å². The predicted molar refractivity (Wildman–Crippen MR) is 138 cm³/mol. The summed E-state index contributed by atoms with van der Waals surface area (Å²) in [5.41, 5.74) is 4.93. The molecule has 1 aromatic carbocycles. The third-order valence-corrected chi connectivity index (χ3v) is 8.06. The molecule has 9 nitrogen and oxygen atoms in total. The summed E-state index contributed by atoms with van der Waals surface area (Å²) < 4.78 is 0. The second-order valence-corrected chi connectivity index (χ2v) is 10.5. The zero-order valence-corrected chi connectivity index (χ0v) is 21.6. The number of hydrazone groups is 1. The van der Waals surface area contributed by atoms with E-state index in [1.54, 1.807) is 4.90 Å². The Morgan fingerprint density at radius 2 is 2.00 bits per heavy atom. The molecule has 35 heavy (non-hydrogen) atoms. The van der Waals surface area contributed by atoms with E-state index in [9.17, 15) is 14.4 Å². The molecule has 0 bridgehead atoms. The average molecular weight is 501 g/mol. The number of fused-ring (bicyclic) bond motifs is 3. The highest BCUT2D eigenvalue weighted by Gasteiger charge is 2.50. The molecule has 1 aliphatic carbocycles. The van der Waals surface area contributed by atoms with Gasteiger partial charge in [-0.05, 0) is 44.7 Å². The van der Waals surface area contributed by atoms with Crippen molar-refractivity contribution < 1.29 is 14.4 Å². The zero-order chi connectivity index (χ0) is 24.9. The molecule has 4 unspecified atom stereocenters. The summed E-state index contributed by atoms with van der Waals surface area (Å²) in [6.07, 6.45) is 4.56. The number of thioether (sulfide) groups is 1. The number of aryl methyl sites for hydroxylation is 1. The van der Waals surface area contributed by atoms with Crippen molar-refractivity contribution in [3.05, 3.63) is 29.8 Å². The van der Waals surface area contributed by atoms with E-state index in [0.29, 0.717) is 6.54 Å². The third-order valence-electron chi connectivity index (χ3n) is 7.09. The number of nitrogens with zero attached hydrogens (tertiary/aromatic N) is 3. The molecule has 1 saturated heterocycles. The van der Waals surface area contributed by atoms with Crippen LogP contribution in [-0.4, -0.2) is 63.4 Å². The Kier molecular flexibility index (Phi) is 8.20. The van der Waals surface area contributed by atoms with E-state index in [4.69, 9.17) is 0 Å². The van der Waals surface area contributed by atoms with Crippen molar-refractivity contribution in [3.8, 4) is 0 Å². The van der Waals surface area contributed by atoms with E-state index in [1.807, 2.05) is 45.0 Å². The maximum atomic E-state index is 13.4. The highest BCUT2D eigenvalue weighted by Crippen LogP contribution is 2.38. The molecule has 2 fully saturated rings. The molecule has 1 aromatic rings. The minimum atomic E-state index is -0.417. The van der Waals surface area contributed by atoms with Crippen LogP contribution in [0.1, 0.15) is 57.9 Å². The quantitative estimate of drug-likeness (QED) is 0.507. The Hall–Kier alpha value is -2.75. The van der Waals surface area contributed by atoms with Crippen molar-refractivity contribution in [2.75, 3.05) is 17.6 Å². The van der Waals surface area contributed by atoms with Crippen LogP contribution in [0.15, 0.2) is 29.4 Å². The Morgan fingerprint density at radius 1 is 1.23 bits per heavy atom. The Bertz CT molecular complexity index is 986. The Labute approximate surface area is 211 Å². The summed E-state index contributed by atoms with van der Waals surface area (Å²) in [6, 6.07) is 7.87.